The van der Waals surface area contributed by atoms with Crippen molar-refractivity contribution in [2.24, 2.45) is 0 Å². The van der Waals surface area contributed by atoms with Crippen molar-refractivity contribution >= 4 is 28.4 Å². The van der Waals surface area contributed by atoms with E-state index in [1.54, 1.807) is 42.7 Å². The van der Waals surface area contributed by atoms with Crippen LogP contribution in [0.1, 0.15) is 15.9 Å². The molecule has 1 amide bonds. The topological polar surface area (TPSA) is 116 Å². The van der Waals surface area contributed by atoms with Crippen LogP contribution >= 0.6 is 0 Å². The highest BCUT2D eigenvalue weighted by Crippen LogP contribution is 2.18. The molecule has 0 aliphatic heterocycles. The van der Waals surface area contributed by atoms with E-state index in [4.69, 9.17) is 10.2 Å². The Morgan fingerprint density at radius 1 is 1.22 bits per heavy atom. The van der Waals surface area contributed by atoms with Crippen LogP contribution in [0.5, 0.6) is 0 Å². The van der Waals surface area contributed by atoms with Gasteiger partial charge in [-0.25, -0.2) is 4.98 Å². The molecule has 3 heterocycles. The fourth-order valence-corrected chi connectivity index (χ4v) is 2.70. The number of nitrogen functional groups attached to an aromatic ring is 1. The number of amides is 1. The van der Waals surface area contributed by atoms with Gasteiger partial charge in [-0.3, -0.25) is 19.1 Å². The Morgan fingerprint density at radius 2 is 2.04 bits per heavy atom. The zero-order chi connectivity index (χ0) is 18.8. The average molecular weight is 361 g/mol. The third kappa shape index (κ3) is 3.28. The molecule has 0 radical (unpaired) electrons. The first-order valence-electron chi connectivity index (χ1n) is 8.14. The average Bonchev–Trinajstić information content (AvgIpc) is 3.12. The first-order chi connectivity index (χ1) is 13.1. The van der Waals surface area contributed by atoms with Gasteiger partial charge in [-0.1, -0.05) is 6.07 Å². The monoisotopic (exact) mass is 361 g/mol. The van der Waals surface area contributed by atoms with Gasteiger partial charge in [-0.05, 0) is 35.9 Å². The zero-order valence-electron chi connectivity index (χ0n) is 14.1. The summed E-state index contributed by atoms with van der Waals surface area (Å²) in [5.41, 5.74) is 7.51. The third-order valence-corrected chi connectivity index (χ3v) is 4.05. The SMILES string of the molecule is Nc1ccc(NC(=O)c2coc3ncn(Cc4cccnc4)c(=O)c23)cc1. The Balaban J connectivity index is 1.69. The number of hydrogen-bond donors (Lipinski definition) is 2. The minimum Gasteiger partial charge on any atom is -0.445 e. The van der Waals surface area contributed by atoms with Gasteiger partial charge in [0.15, 0.2) is 0 Å². The Morgan fingerprint density at radius 3 is 2.78 bits per heavy atom. The second-order valence-electron chi connectivity index (χ2n) is 5.94. The standard InChI is InChI=1S/C19H15N5O3/c20-13-3-5-14(6-4-13)23-17(25)15-10-27-18-16(15)19(26)24(11-22-18)9-12-2-1-7-21-8-12/h1-8,10-11H,9,20H2,(H,23,25). The van der Waals surface area contributed by atoms with Gasteiger partial charge in [0.1, 0.15) is 18.0 Å². The molecular weight excluding hydrogens is 346 g/mol. The van der Waals surface area contributed by atoms with E-state index in [2.05, 4.69) is 15.3 Å². The Labute approximate surface area is 153 Å². The summed E-state index contributed by atoms with van der Waals surface area (Å²) in [6, 6.07) is 10.3. The molecule has 0 spiro atoms. The number of furan rings is 1. The van der Waals surface area contributed by atoms with Crippen LogP contribution < -0.4 is 16.6 Å². The van der Waals surface area contributed by atoms with Gasteiger partial charge in [0.2, 0.25) is 5.71 Å². The van der Waals surface area contributed by atoms with Crippen LogP contribution in [-0.4, -0.2) is 20.4 Å². The van der Waals surface area contributed by atoms with Crippen molar-refractivity contribution in [1.82, 2.24) is 14.5 Å². The number of nitrogens with one attached hydrogen (secondary N) is 1. The van der Waals surface area contributed by atoms with Gasteiger partial charge in [-0.15, -0.1) is 0 Å². The largest absolute Gasteiger partial charge is 0.445 e. The number of fused-ring (bicyclic) bond motifs is 1. The summed E-state index contributed by atoms with van der Waals surface area (Å²) < 4.78 is 6.71. The highest BCUT2D eigenvalue weighted by atomic mass is 16.3. The number of rotatable bonds is 4. The van der Waals surface area contributed by atoms with E-state index in [0.29, 0.717) is 17.9 Å². The first-order valence-corrected chi connectivity index (χ1v) is 8.14. The van der Waals surface area contributed by atoms with Gasteiger partial charge in [0, 0.05) is 23.8 Å². The number of anilines is 2. The van der Waals surface area contributed by atoms with Gasteiger partial charge < -0.3 is 15.5 Å². The Kier molecular flexibility index (Phi) is 4.13. The van der Waals surface area contributed by atoms with E-state index in [1.807, 2.05) is 6.07 Å². The molecule has 3 N–H and O–H groups in total. The summed E-state index contributed by atoms with van der Waals surface area (Å²) in [6.45, 7) is 0.291. The lowest BCUT2D eigenvalue weighted by Gasteiger charge is -2.06. The molecule has 8 heteroatoms. The summed E-state index contributed by atoms with van der Waals surface area (Å²) >= 11 is 0. The van der Waals surface area contributed by atoms with Crippen LogP contribution in [0.4, 0.5) is 11.4 Å². The minimum atomic E-state index is -0.462. The van der Waals surface area contributed by atoms with Gasteiger partial charge in [0.25, 0.3) is 11.5 Å². The number of nitrogens with two attached hydrogens (primary N) is 1. The van der Waals surface area contributed by atoms with Crippen molar-refractivity contribution < 1.29 is 9.21 Å². The summed E-state index contributed by atoms with van der Waals surface area (Å²) in [5, 5.41) is 2.85. The maximum Gasteiger partial charge on any atom is 0.265 e. The molecule has 0 saturated carbocycles. The number of hydrogen-bond acceptors (Lipinski definition) is 6. The smallest absolute Gasteiger partial charge is 0.265 e. The van der Waals surface area contributed by atoms with Gasteiger partial charge in [-0.2, -0.15) is 0 Å². The molecule has 0 aliphatic rings. The summed E-state index contributed by atoms with van der Waals surface area (Å²) in [4.78, 5) is 33.6. The zero-order valence-corrected chi connectivity index (χ0v) is 14.1. The maximum atomic E-state index is 12.9. The predicted molar refractivity (Wildman–Crippen MR) is 100 cm³/mol. The molecule has 0 saturated heterocycles. The van der Waals surface area contributed by atoms with E-state index < -0.39 is 5.91 Å². The maximum absolute atomic E-state index is 12.9. The van der Waals surface area contributed by atoms with Gasteiger partial charge in [0.05, 0.1) is 12.1 Å². The lowest BCUT2D eigenvalue weighted by Crippen LogP contribution is -2.23. The van der Waals surface area contributed by atoms with Gasteiger partial charge >= 0.3 is 0 Å². The van der Waals surface area contributed by atoms with E-state index >= 15 is 0 Å². The van der Waals surface area contributed by atoms with Crippen LogP contribution in [0.2, 0.25) is 0 Å². The summed E-state index contributed by atoms with van der Waals surface area (Å²) in [6.07, 6.45) is 5.95. The molecule has 0 unspecified atom stereocenters. The lowest BCUT2D eigenvalue weighted by atomic mass is 10.2. The first kappa shape index (κ1) is 16.5. The van der Waals surface area contributed by atoms with Crippen molar-refractivity contribution in [2.45, 2.75) is 6.54 Å². The van der Waals surface area contributed by atoms with Crippen molar-refractivity contribution in [3.8, 4) is 0 Å². The molecule has 3 aromatic heterocycles. The molecule has 0 aliphatic carbocycles. The molecule has 134 valence electrons. The lowest BCUT2D eigenvalue weighted by molar-refractivity contribution is 0.102. The minimum absolute atomic E-state index is 0.116. The molecular formula is C19H15N5O3. The highest BCUT2D eigenvalue weighted by Gasteiger charge is 2.19. The number of benzene rings is 1. The molecule has 0 atom stereocenters. The Bertz CT molecular complexity index is 1160. The van der Waals surface area contributed by atoms with Crippen LogP contribution in [0, 0.1) is 0 Å². The summed E-state index contributed by atoms with van der Waals surface area (Å²) in [7, 11) is 0. The predicted octanol–water partition coefficient (Wildman–Crippen LogP) is 2.27. The van der Waals surface area contributed by atoms with Crippen molar-refractivity contribution in [3.05, 3.63) is 82.9 Å². The molecule has 0 fully saturated rings. The fourth-order valence-electron chi connectivity index (χ4n) is 2.70. The van der Waals surface area contributed by atoms with Crippen LogP contribution in [0.25, 0.3) is 11.1 Å². The number of carbonyl (C=O) groups is 1. The number of nitrogens with zero attached hydrogens (tertiary/aromatic N) is 3. The molecule has 4 rings (SSSR count). The quantitative estimate of drug-likeness (QED) is 0.539. The van der Waals surface area contributed by atoms with E-state index in [1.165, 1.54) is 17.2 Å². The number of pyridine rings is 1. The van der Waals surface area contributed by atoms with Crippen molar-refractivity contribution in [2.75, 3.05) is 11.1 Å². The molecule has 1 aromatic carbocycles. The van der Waals surface area contributed by atoms with Crippen LogP contribution in [0.15, 0.2) is 70.6 Å². The molecule has 4 aromatic rings. The normalized spacial score (nSPS) is 10.8. The number of carbonyl (C=O) groups excluding carboxylic acids is 1. The van der Waals surface area contributed by atoms with E-state index in [9.17, 15) is 9.59 Å². The summed E-state index contributed by atoms with van der Waals surface area (Å²) in [5.74, 6) is -0.462. The van der Waals surface area contributed by atoms with E-state index in [0.717, 1.165) is 5.56 Å². The number of aromatic nitrogens is 3. The van der Waals surface area contributed by atoms with Crippen molar-refractivity contribution in [3.63, 3.8) is 0 Å². The van der Waals surface area contributed by atoms with E-state index in [-0.39, 0.29) is 22.2 Å². The van der Waals surface area contributed by atoms with Crippen LogP contribution in [-0.2, 0) is 6.54 Å². The molecule has 27 heavy (non-hydrogen) atoms. The highest BCUT2D eigenvalue weighted by molar-refractivity contribution is 6.11. The second-order valence-corrected chi connectivity index (χ2v) is 5.94. The molecule has 8 nitrogen and oxygen atoms in total. The van der Waals surface area contributed by atoms with Crippen molar-refractivity contribution in [1.29, 1.82) is 0 Å². The molecule has 0 bridgehead atoms. The fraction of sp³-hybridized carbons (Fsp3) is 0.0526. The Hall–Kier alpha value is -3.94. The second kappa shape index (κ2) is 6.75. The third-order valence-electron chi connectivity index (χ3n) is 4.05. The van der Waals surface area contributed by atoms with Crippen LogP contribution in [0.3, 0.4) is 0 Å².